The first-order chi connectivity index (χ1) is 7.74. The number of carbonyl (C=O) groups excluding carboxylic acids is 1. The molecule has 2 rings (SSSR count). The lowest BCUT2D eigenvalue weighted by atomic mass is 10.0. The Morgan fingerprint density at radius 2 is 2.06 bits per heavy atom. The zero-order valence-corrected chi connectivity index (χ0v) is 10.5. The van der Waals surface area contributed by atoms with Crippen molar-refractivity contribution >= 4 is 5.91 Å². The van der Waals surface area contributed by atoms with Crippen LogP contribution in [0.15, 0.2) is 0 Å². The summed E-state index contributed by atoms with van der Waals surface area (Å²) < 4.78 is 0. The zero-order chi connectivity index (χ0) is 11.5. The van der Waals surface area contributed by atoms with Gasteiger partial charge in [-0.1, -0.05) is 32.6 Å². The van der Waals surface area contributed by atoms with E-state index in [4.69, 9.17) is 0 Å². The predicted octanol–water partition coefficient (Wildman–Crippen LogP) is 2.12. The maximum absolute atomic E-state index is 12.0. The minimum absolute atomic E-state index is 0.0931. The second-order valence-electron chi connectivity index (χ2n) is 5.30. The van der Waals surface area contributed by atoms with Gasteiger partial charge in [-0.25, -0.2) is 0 Å². The van der Waals surface area contributed by atoms with Crippen LogP contribution >= 0.6 is 0 Å². The fourth-order valence-corrected chi connectivity index (χ4v) is 3.11. The van der Waals surface area contributed by atoms with Gasteiger partial charge >= 0.3 is 0 Å². The largest absolute Gasteiger partial charge is 0.329 e. The van der Waals surface area contributed by atoms with Crippen molar-refractivity contribution < 1.29 is 4.79 Å². The van der Waals surface area contributed by atoms with Crippen molar-refractivity contribution in [3.63, 3.8) is 0 Å². The first kappa shape index (κ1) is 11.9. The molecule has 0 spiro atoms. The monoisotopic (exact) mass is 224 g/mol. The topological polar surface area (TPSA) is 32.3 Å². The Hall–Kier alpha value is -0.570. The number of carbonyl (C=O) groups is 1. The summed E-state index contributed by atoms with van der Waals surface area (Å²) in [5.41, 5.74) is 0. The molecule has 2 aliphatic rings. The summed E-state index contributed by atoms with van der Waals surface area (Å²) >= 11 is 0. The molecule has 3 heteroatoms. The van der Waals surface area contributed by atoms with E-state index in [1.165, 1.54) is 32.1 Å². The summed E-state index contributed by atoms with van der Waals surface area (Å²) in [4.78, 5) is 14.0. The Morgan fingerprint density at radius 1 is 1.38 bits per heavy atom. The number of nitrogens with zero attached hydrogens (tertiary/aromatic N) is 1. The van der Waals surface area contributed by atoms with Gasteiger partial charge in [0, 0.05) is 7.05 Å². The molecule has 0 aromatic rings. The molecule has 1 aliphatic heterocycles. The zero-order valence-electron chi connectivity index (χ0n) is 10.5. The summed E-state index contributed by atoms with van der Waals surface area (Å²) in [7, 11) is 1.96. The van der Waals surface area contributed by atoms with Gasteiger partial charge in [0.1, 0.15) is 0 Å². The highest BCUT2D eigenvalue weighted by Gasteiger charge is 2.40. The Balaban J connectivity index is 1.93. The van der Waals surface area contributed by atoms with Crippen LogP contribution in [0.2, 0.25) is 0 Å². The molecule has 1 amide bonds. The molecule has 1 N–H and O–H groups in total. The third-order valence-corrected chi connectivity index (χ3v) is 4.13. The van der Waals surface area contributed by atoms with E-state index in [1.54, 1.807) is 0 Å². The van der Waals surface area contributed by atoms with E-state index in [0.29, 0.717) is 18.0 Å². The lowest BCUT2D eigenvalue weighted by Crippen LogP contribution is -2.40. The van der Waals surface area contributed by atoms with E-state index >= 15 is 0 Å². The number of hydrogen-bond donors (Lipinski definition) is 1. The number of rotatable bonds is 4. The van der Waals surface area contributed by atoms with Crippen molar-refractivity contribution in [3.8, 4) is 0 Å². The van der Waals surface area contributed by atoms with Crippen LogP contribution in [0.4, 0.5) is 0 Å². The average molecular weight is 224 g/mol. The highest BCUT2D eigenvalue weighted by Crippen LogP contribution is 2.31. The summed E-state index contributed by atoms with van der Waals surface area (Å²) in [5.74, 6) is 1.01. The number of likely N-dealkylation sites (N-methyl/N-ethyl adjacent to an activating group) is 1. The summed E-state index contributed by atoms with van der Waals surface area (Å²) in [6.07, 6.45) is 8.89. The number of amides is 1. The molecule has 92 valence electrons. The van der Waals surface area contributed by atoms with Gasteiger partial charge in [0.05, 0.1) is 12.2 Å². The lowest BCUT2D eigenvalue weighted by molar-refractivity contribution is -0.129. The average Bonchev–Trinajstić information content (AvgIpc) is 2.88. The maximum atomic E-state index is 12.0. The van der Waals surface area contributed by atoms with Crippen LogP contribution < -0.4 is 5.32 Å². The minimum atomic E-state index is 0.0931. The lowest BCUT2D eigenvalue weighted by Gasteiger charge is -2.25. The standard InChI is InChI=1S/C13H24N2O/c1-3-4-9-11-13(16)15(2)12(14-11)10-7-5-6-8-10/h10-12,14H,3-9H2,1-2H3. The SMILES string of the molecule is CCCCC1NC(C2CCCC2)N(C)C1=O. The molecule has 3 nitrogen and oxygen atoms in total. The first-order valence-corrected chi connectivity index (χ1v) is 6.76. The van der Waals surface area contributed by atoms with Gasteiger partial charge < -0.3 is 4.90 Å². The second kappa shape index (κ2) is 5.17. The van der Waals surface area contributed by atoms with E-state index in [0.717, 1.165) is 12.8 Å². The molecule has 1 heterocycles. The fourth-order valence-electron chi connectivity index (χ4n) is 3.11. The third-order valence-electron chi connectivity index (χ3n) is 4.13. The Morgan fingerprint density at radius 3 is 2.69 bits per heavy atom. The van der Waals surface area contributed by atoms with Gasteiger partial charge in [-0.15, -0.1) is 0 Å². The smallest absolute Gasteiger partial charge is 0.240 e. The summed E-state index contributed by atoms with van der Waals surface area (Å²) in [6.45, 7) is 2.18. The van der Waals surface area contributed by atoms with Crippen molar-refractivity contribution in [1.29, 1.82) is 0 Å². The van der Waals surface area contributed by atoms with Crippen molar-refractivity contribution in [2.45, 2.75) is 64.1 Å². The Bertz CT molecular complexity index is 248. The van der Waals surface area contributed by atoms with Crippen LogP contribution in [0.1, 0.15) is 51.9 Å². The molecule has 1 aliphatic carbocycles. The molecule has 2 unspecified atom stereocenters. The molecule has 16 heavy (non-hydrogen) atoms. The number of unbranched alkanes of at least 4 members (excludes halogenated alkanes) is 1. The summed E-state index contributed by atoms with van der Waals surface area (Å²) in [6, 6.07) is 0.0931. The molecule has 1 saturated carbocycles. The van der Waals surface area contributed by atoms with Crippen molar-refractivity contribution in [2.75, 3.05) is 7.05 Å². The molecule has 0 radical (unpaired) electrons. The van der Waals surface area contributed by atoms with E-state index in [9.17, 15) is 4.79 Å². The Labute approximate surface area is 98.6 Å². The normalized spacial score (nSPS) is 31.6. The number of nitrogens with one attached hydrogen (secondary N) is 1. The van der Waals surface area contributed by atoms with Crippen LogP contribution in [0.3, 0.4) is 0 Å². The molecular formula is C13H24N2O. The van der Waals surface area contributed by atoms with Gasteiger partial charge in [-0.2, -0.15) is 0 Å². The van der Waals surface area contributed by atoms with E-state index in [2.05, 4.69) is 12.2 Å². The van der Waals surface area contributed by atoms with E-state index in [1.807, 2.05) is 11.9 Å². The second-order valence-corrected chi connectivity index (χ2v) is 5.30. The number of hydrogen-bond acceptors (Lipinski definition) is 2. The van der Waals surface area contributed by atoms with Crippen LogP contribution in [0.25, 0.3) is 0 Å². The molecule has 1 saturated heterocycles. The molecule has 2 fully saturated rings. The van der Waals surface area contributed by atoms with Crippen LogP contribution in [0.5, 0.6) is 0 Å². The van der Waals surface area contributed by atoms with Gasteiger partial charge in [0.25, 0.3) is 0 Å². The van der Waals surface area contributed by atoms with Gasteiger partial charge in [-0.05, 0) is 25.2 Å². The van der Waals surface area contributed by atoms with Crippen molar-refractivity contribution in [3.05, 3.63) is 0 Å². The first-order valence-electron chi connectivity index (χ1n) is 6.76. The van der Waals surface area contributed by atoms with Crippen molar-refractivity contribution in [2.24, 2.45) is 5.92 Å². The van der Waals surface area contributed by atoms with E-state index < -0.39 is 0 Å². The minimum Gasteiger partial charge on any atom is -0.329 e. The summed E-state index contributed by atoms with van der Waals surface area (Å²) in [5, 5.41) is 3.54. The fraction of sp³-hybridized carbons (Fsp3) is 0.923. The van der Waals surface area contributed by atoms with Crippen LogP contribution in [0, 0.1) is 5.92 Å². The Kier molecular flexibility index (Phi) is 3.85. The van der Waals surface area contributed by atoms with Gasteiger partial charge in [0.15, 0.2) is 0 Å². The highest BCUT2D eigenvalue weighted by atomic mass is 16.2. The maximum Gasteiger partial charge on any atom is 0.240 e. The molecule has 0 bridgehead atoms. The quantitative estimate of drug-likeness (QED) is 0.793. The van der Waals surface area contributed by atoms with Crippen molar-refractivity contribution in [1.82, 2.24) is 10.2 Å². The van der Waals surface area contributed by atoms with Gasteiger partial charge in [-0.3, -0.25) is 10.1 Å². The molecule has 0 aromatic heterocycles. The van der Waals surface area contributed by atoms with Crippen LogP contribution in [-0.2, 0) is 4.79 Å². The van der Waals surface area contributed by atoms with Gasteiger partial charge in [0.2, 0.25) is 5.91 Å². The predicted molar refractivity (Wildman–Crippen MR) is 65.0 cm³/mol. The third kappa shape index (κ3) is 2.24. The molecular weight excluding hydrogens is 200 g/mol. The van der Waals surface area contributed by atoms with E-state index in [-0.39, 0.29) is 6.04 Å². The molecule has 2 atom stereocenters. The highest BCUT2D eigenvalue weighted by molar-refractivity contribution is 5.84. The van der Waals surface area contributed by atoms with Crippen LogP contribution in [-0.4, -0.2) is 30.1 Å². The molecule has 0 aromatic carbocycles.